The molecule has 2 nitrogen and oxygen atoms in total. The maximum Gasteiger partial charge on any atom is 0.134 e. The second-order valence-electron chi connectivity index (χ2n) is 16.9. The van der Waals surface area contributed by atoms with Crippen molar-refractivity contribution in [3.8, 4) is 44.5 Å². The number of unbranched alkanes of at least 4 members (excludes halogenated alkanes) is 2. The van der Waals surface area contributed by atoms with Gasteiger partial charge in [0.05, 0.1) is 11.7 Å². The number of fused-ring (bicyclic) bond motifs is 4. The first kappa shape index (κ1) is 40.1. The highest BCUT2D eigenvalue weighted by Gasteiger charge is 2.45. The minimum Gasteiger partial charge on any atom is -0.206 e. The van der Waals surface area contributed by atoms with Crippen molar-refractivity contribution in [1.82, 2.24) is 8.75 Å². The zero-order valence-electron chi connectivity index (χ0n) is 34.9. The summed E-state index contributed by atoms with van der Waals surface area (Å²) in [6.07, 6.45) is 13.5. The lowest BCUT2D eigenvalue weighted by Crippen LogP contribution is -2.31. The van der Waals surface area contributed by atoms with Gasteiger partial charge in [-0.1, -0.05) is 179 Å². The highest BCUT2D eigenvalue weighted by atomic mass is 32.1. The van der Waals surface area contributed by atoms with E-state index >= 15 is 4.39 Å². The number of benzene rings is 5. The molecule has 56 heavy (non-hydrogen) atoms. The molecule has 292 valence electrons. The van der Waals surface area contributed by atoms with Crippen molar-refractivity contribution in [3.63, 3.8) is 0 Å². The fourth-order valence-corrected chi connectivity index (χ4v) is 10.2. The number of hydrogen-bond donors (Lipinski definition) is 0. The molecule has 2 unspecified atom stereocenters. The number of rotatable bonds is 17. The summed E-state index contributed by atoms with van der Waals surface area (Å²) in [6.45, 7) is 16.3. The SMILES string of the molecule is CCCCC(CC)CC1(CC(CC)CCCC)c2cc(-c3ccc(-c4cc(F)c(-c5ccc(CC)cc5)c5nsnc45)cc3)ccc2-c2ccc(C(C)C)cc21. The Balaban J connectivity index is 1.31. The van der Waals surface area contributed by atoms with Gasteiger partial charge in [0, 0.05) is 16.5 Å². The second kappa shape index (κ2) is 17.6. The molecule has 2 atom stereocenters. The van der Waals surface area contributed by atoms with E-state index in [1.54, 1.807) is 11.6 Å². The minimum atomic E-state index is -0.266. The van der Waals surface area contributed by atoms with E-state index in [0.717, 1.165) is 40.4 Å². The lowest BCUT2D eigenvalue weighted by Gasteiger charge is -2.39. The molecule has 0 amide bonds. The Morgan fingerprint density at radius 3 is 1.73 bits per heavy atom. The molecule has 0 saturated heterocycles. The summed E-state index contributed by atoms with van der Waals surface area (Å²) in [4.78, 5) is 0. The topological polar surface area (TPSA) is 25.8 Å². The maximum atomic E-state index is 16.0. The van der Waals surface area contributed by atoms with Crippen LogP contribution in [0.1, 0.15) is 141 Å². The first-order valence-corrected chi connectivity index (χ1v) is 22.4. The number of aryl methyl sites for hydroxylation is 1. The Morgan fingerprint density at radius 1 is 0.589 bits per heavy atom. The van der Waals surface area contributed by atoms with Crippen LogP contribution in [0.15, 0.2) is 91.0 Å². The fraction of sp³-hybridized carbons (Fsp3) is 0.423. The van der Waals surface area contributed by atoms with Gasteiger partial charge in [-0.3, -0.25) is 0 Å². The van der Waals surface area contributed by atoms with Crippen molar-refractivity contribution in [2.24, 2.45) is 11.8 Å². The highest BCUT2D eigenvalue weighted by molar-refractivity contribution is 7.00. The Hall–Kier alpha value is -4.15. The Morgan fingerprint density at radius 2 is 1.14 bits per heavy atom. The van der Waals surface area contributed by atoms with Crippen molar-refractivity contribution in [2.75, 3.05) is 0 Å². The van der Waals surface area contributed by atoms with Crippen LogP contribution in [0.3, 0.4) is 0 Å². The van der Waals surface area contributed by atoms with Crippen molar-refractivity contribution < 1.29 is 4.39 Å². The summed E-state index contributed by atoms with van der Waals surface area (Å²) < 4.78 is 25.3. The third-order valence-electron chi connectivity index (χ3n) is 13.1. The molecule has 4 heteroatoms. The van der Waals surface area contributed by atoms with Gasteiger partial charge in [-0.25, -0.2) is 4.39 Å². The first-order valence-electron chi connectivity index (χ1n) is 21.7. The summed E-state index contributed by atoms with van der Waals surface area (Å²) in [7, 11) is 0. The van der Waals surface area contributed by atoms with Crippen molar-refractivity contribution >= 4 is 22.8 Å². The molecule has 0 N–H and O–H groups in total. The van der Waals surface area contributed by atoms with Crippen LogP contribution in [0.5, 0.6) is 0 Å². The van der Waals surface area contributed by atoms with Gasteiger partial charge < -0.3 is 0 Å². The molecule has 5 aromatic carbocycles. The van der Waals surface area contributed by atoms with Crippen LogP contribution in [0, 0.1) is 17.7 Å². The molecule has 1 aliphatic rings. The van der Waals surface area contributed by atoms with Gasteiger partial charge in [-0.05, 0) is 105 Å². The molecule has 1 aromatic heterocycles. The average Bonchev–Trinajstić information content (AvgIpc) is 3.81. The molecule has 0 aliphatic heterocycles. The summed E-state index contributed by atoms with van der Waals surface area (Å²) in [6, 6.07) is 33.2. The van der Waals surface area contributed by atoms with E-state index < -0.39 is 0 Å². The maximum absolute atomic E-state index is 16.0. The zero-order chi connectivity index (χ0) is 39.4. The third kappa shape index (κ3) is 7.76. The number of hydrogen-bond acceptors (Lipinski definition) is 3. The molecule has 1 aliphatic carbocycles. The standard InChI is InChI=1S/C52H61FN2S/c1-8-13-15-36(11-4)32-52(33-37(12-5)16-14-9-2)46-29-41(34(6)7)25-27-43(46)44-28-26-42(30-47(44)52)38-21-23-39(24-22-38)45-31-48(53)49(51-50(45)54-56-55-51)40-19-17-35(10-3)18-20-40/h17-31,34,36-37H,8-16,32-33H2,1-7H3. The summed E-state index contributed by atoms with van der Waals surface area (Å²) in [5.74, 6) is 1.58. The summed E-state index contributed by atoms with van der Waals surface area (Å²) in [5, 5.41) is 0. The number of halogens is 1. The Bertz CT molecular complexity index is 2230. The van der Waals surface area contributed by atoms with Crippen LogP contribution in [0.4, 0.5) is 4.39 Å². The van der Waals surface area contributed by atoms with Crippen molar-refractivity contribution in [1.29, 1.82) is 0 Å². The Kier molecular flexibility index (Phi) is 12.6. The van der Waals surface area contributed by atoms with E-state index in [1.807, 2.05) is 12.1 Å². The number of nitrogens with zero attached hydrogens (tertiary/aromatic N) is 2. The van der Waals surface area contributed by atoms with Crippen LogP contribution >= 0.6 is 11.7 Å². The Labute approximate surface area is 340 Å². The molecule has 0 bridgehead atoms. The van der Waals surface area contributed by atoms with Gasteiger partial charge in [0.1, 0.15) is 16.9 Å². The summed E-state index contributed by atoms with van der Waals surface area (Å²) in [5.41, 5.74) is 15.5. The number of aromatic nitrogens is 2. The average molecular weight is 765 g/mol. The van der Waals surface area contributed by atoms with Gasteiger partial charge in [-0.2, -0.15) is 8.75 Å². The molecule has 7 rings (SSSR count). The van der Waals surface area contributed by atoms with Gasteiger partial charge in [-0.15, -0.1) is 0 Å². The fourth-order valence-electron chi connectivity index (χ4n) is 9.60. The molecule has 0 fully saturated rings. The lowest BCUT2D eigenvalue weighted by atomic mass is 9.64. The van der Waals surface area contributed by atoms with E-state index in [4.69, 9.17) is 4.37 Å². The normalized spacial score (nSPS) is 16.0. The smallest absolute Gasteiger partial charge is 0.134 e. The third-order valence-corrected chi connectivity index (χ3v) is 13.6. The van der Waals surface area contributed by atoms with Crippen molar-refractivity contribution in [2.45, 2.75) is 130 Å². The first-order chi connectivity index (χ1) is 27.2. The van der Waals surface area contributed by atoms with Crippen LogP contribution in [0.2, 0.25) is 0 Å². The molecule has 6 aromatic rings. The molecular weight excluding hydrogens is 704 g/mol. The van der Waals surface area contributed by atoms with Crippen LogP contribution in [-0.4, -0.2) is 8.75 Å². The van der Waals surface area contributed by atoms with E-state index in [1.165, 1.54) is 103 Å². The quantitative estimate of drug-likeness (QED) is 0.0924. The van der Waals surface area contributed by atoms with Gasteiger partial charge >= 0.3 is 0 Å². The summed E-state index contributed by atoms with van der Waals surface area (Å²) >= 11 is 1.15. The minimum absolute atomic E-state index is 0.0201. The van der Waals surface area contributed by atoms with E-state index in [0.29, 0.717) is 28.8 Å². The van der Waals surface area contributed by atoms with Gasteiger partial charge in [0.2, 0.25) is 0 Å². The lowest BCUT2D eigenvalue weighted by molar-refractivity contribution is 0.266. The predicted octanol–water partition coefficient (Wildman–Crippen LogP) is 16.0. The van der Waals surface area contributed by atoms with Gasteiger partial charge in [0.25, 0.3) is 0 Å². The van der Waals surface area contributed by atoms with E-state index in [2.05, 4.69) is 126 Å². The molecular formula is C52H61FN2S. The highest BCUT2D eigenvalue weighted by Crippen LogP contribution is 2.57. The molecule has 0 spiro atoms. The monoisotopic (exact) mass is 764 g/mol. The van der Waals surface area contributed by atoms with Crippen LogP contribution in [0.25, 0.3) is 55.5 Å². The van der Waals surface area contributed by atoms with Gasteiger partial charge in [0.15, 0.2) is 0 Å². The molecule has 0 radical (unpaired) electrons. The van der Waals surface area contributed by atoms with Crippen molar-refractivity contribution in [3.05, 3.63) is 119 Å². The molecule has 0 saturated carbocycles. The van der Waals surface area contributed by atoms with Crippen LogP contribution in [-0.2, 0) is 11.8 Å². The van der Waals surface area contributed by atoms with Crippen LogP contribution < -0.4 is 0 Å². The van der Waals surface area contributed by atoms with E-state index in [9.17, 15) is 0 Å². The predicted molar refractivity (Wildman–Crippen MR) is 239 cm³/mol. The zero-order valence-corrected chi connectivity index (χ0v) is 35.7. The molecule has 1 heterocycles. The largest absolute Gasteiger partial charge is 0.206 e. The van der Waals surface area contributed by atoms with E-state index in [-0.39, 0.29) is 11.2 Å². The second-order valence-corrected chi connectivity index (χ2v) is 17.4.